The third-order valence-corrected chi connectivity index (χ3v) is 4.67. The summed E-state index contributed by atoms with van der Waals surface area (Å²) < 4.78 is 5.46. The van der Waals surface area contributed by atoms with Crippen LogP contribution >= 0.6 is 0 Å². The molecule has 1 aromatic carbocycles. The number of para-hydroxylation sites is 1. The Morgan fingerprint density at radius 2 is 1.92 bits per heavy atom. The second-order valence-corrected chi connectivity index (χ2v) is 6.36. The Labute approximate surface area is 140 Å². The fourth-order valence-corrected chi connectivity index (χ4v) is 3.42. The molecule has 3 aromatic rings. The number of nitrogens with zero attached hydrogens (tertiary/aromatic N) is 1. The van der Waals surface area contributed by atoms with Crippen LogP contribution in [0.4, 0.5) is 0 Å². The molecule has 4 nitrogen and oxygen atoms in total. The number of amides is 1. The molecule has 1 fully saturated rings. The lowest BCUT2D eigenvalue weighted by molar-refractivity contribution is 0.0929. The van der Waals surface area contributed by atoms with Crippen LogP contribution in [0.1, 0.15) is 42.5 Å². The maximum absolute atomic E-state index is 12.9. The van der Waals surface area contributed by atoms with Crippen LogP contribution in [0.25, 0.3) is 22.4 Å². The average Bonchev–Trinajstić information content (AvgIpc) is 3.16. The minimum absolute atomic E-state index is 0.0201. The van der Waals surface area contributed by atoms with Crippen LogP contribution in [0, 0.1) is 0 Å². The molecule has 0 saturated heterocycles. The number of fused-ring (bicyclic) bond motifs is 1. The van der Waals surface area contributed by atoms with Gasteiger partial charge in [0.2, 0.25) is 0 Å². The second kappa shape index (κ2) is 6.48. The maximum Gasteiger partial charge on any atom is 0.252 e. The molecular formula is C20H20N2O2. The summed E-state index contributed by atoms with van der Waals surface area (Å²) in [6.07, 6.45) is 7.42. The predicted octanol–water partition coefficient (Wildman–Crippen LogP) is 4.56. The lowest BCUT2D eigenvalue weighted by Crippen LogP contribution is -2.36. The van der Waals surface area contributed by atoms with Gasteiger partial charge in [0, 0.05) is 11.4 Å². The quantitative estimate of drug-likeness (QED) is 0.770. The van der Waals surface area contributed by atoms with Crippen molar-refractivity contribution < 1.29 is 9.21 Å². The smallest absolute Gasteiger partial charge is 0.252 e. The molecule has 0 unspecified atom stereocenters. The van der Waals surface area contributed by atoms with Crippen molar-refractivity contribution in [2.24, 2.45) is 0 Å². The topological polar surface area (TPSA) is 55.1 Å². The first-order chi connectivity index (χ1) is 11.8. The number of hydrogen-bond donors (Lipinski definition) is 1. The highest BCUT2D eigenvalue weighted by atomic mass is 16.3. The van der Waals surface area contributed by atoms with Crippen LogP contribution in [0.3, 0.4) is 0 Å². The first-order valence-electron chi connectivity index (χ1n) is 8.56. The van der Waals surface area contributed by atoms with Gasteiger partial charge in [-0.05, 0) is 37.1 Å². The minimum atomic E-state index is -0.0201. The molecule has 1 aliphatic rings. The fourth-order valence-electron chi connectivity index (χ4n) is 3.42. The second-order valence-electron chi connectivity index (χ2n) is 6.36. The minimum Gasteiger partial charge on any atom is -0.463 e. The zero-order valence-electron chi connectivity index (χ0n) is 13.5. The number of carbonyl (C=O) groups excluding carboxylic acids is 1. The van der Waals surface area contributed by atoms with Crippen LogP contribution in [-0.4, -0.2) is 16.9 Å². The molecule has 0 radical (unpaired) electrons. The van der Waals surface area contributed by atoms with Crippen molar-refractivity contribution in [2.45, 2.75) is 38.1 Å². The summed E-state index contributed by atoms with van der Waals surface area (Å²) in [4.78, 5) is 17.5. The molecule has 24 heavy (non-hydrogen) atoms. The molecular weight excluding hydrogens is 300 g/mol. The van der Waals surface area contributed by atoms with E-state index in [0.717, 1.165) is 23.7 Å². The van der Waals surface area contributed by atoms with Gasteiger partial charge in [0.1, 0.15) is 5.69 Å². The predicted molar refractivity (Wildman–Crippen MR) is 93.8 cm³/mol. The summed E-state index contributed by atoms with van der Waals surface area (Å²) in [6.45, 7) is 0. The van der Waals surface area contributed by atoms with E-state index in [4.69, 9.17) is 4.42 Å². The molecule has 1 N–H and O–H groups in total. The van der Waals surface area contributed by atoms with Crippen LogP contribution in [0.15, 0.2) is 53.1 Å². The summed E-state index contributed by atoms with van der Waals surface area (Å²) in [5, 5.41) is 4.08. The molecule has 4 heteroatoms. The van der Waals surface area contributed by atoms with Gasteiger partial charge in [-0.15, -0.1) is 0 Å². The van der Waals surface area contributed by atoms with E-state index in [1.165, 1.54) is 19.3 Å². The van der Waals surface area contributed by atoms with Crippen LogP contribution in [0.5, 0.6) is 0 Å². The molecule has 0 atom stereocenters. The molecule has 122 valence electrons. The number of nitrogens with one attached hydrogen (secondary N) is 1. The summed E-state index contributed by atoms with van der Waals surface area (Å²) in [6, 6.07) is 13.6. The van der Waals surface area contributed by atoms with Crippen molar-refractivity contribution in [3.8, 4) is 11.5 Å². The highest BCUT2D eigenvalue weighted by Crippen LogP contribution is 2.26. The van der Waals surface area contributed by atoms with E-state index in [-0.39, 0.29) is 11.9 Å². The van der Waals surface area contributed by atoms with Crippen molar-refractivity contribution in [3.63, 3.8) is 0 Å². The normalized spacial score (nSPS) is 15.5. The molecule has 1 aliphatic carbocycles. The van der Waals surface area contributed by atoms with Gasteiger partial charge in [-0.1, -0.05) is 37.5 Å². The van der Waals surface area contributed by atoms with Crippen LogP contribution in [-0.2, 0) is 0 Å². The van der Waals surface area contributed by atoms with Crippen LogP contribution in [0.2, 0.25) is 0 Å². The number of carbonyl (C=O) groups is 1. The SMILES string of the molecule is O=C(NC1CCCCC1)c1cc(-c2ccco2)nc2ccccc12. The molecule has 2 heterocycles. The number of furan rings is 1. The van der Waals surface area contributed by atoms with Gasteiger partial charge in [-0.3, -0.25) is 4.79 Å². The van der Waals surface area contributed by atoms with E-state index in [2.05, 4.69) is 10.3 Å². The highest BCUT2D eigenvalue weighted by Gasteiger charge is 2.19. The zero-order valence-corrected chi connectivity index (χ0v) is 13.5. The number of pyridine rings is 1. The maximum atomic E-state index is 12.9. The average molecular weight is 320 g/mol. The Bertz CT molecular complexity index is 849. The monoisotopic (exact) mass is 320 g/mol. The van der Waals surface area contributed by atoms with Gasteiger partial charge in [-0.25, -0.2) is 4.98 Å². The molecule has 0 aliphatic heterocycles. The van der Waals surface area contributed by atoms with Gasteiger partial charge < -0.3 is 9.73 Å². The third-order valence-electron chi connectivity index (χ3n) is 4.67. The van der Waals surface area contributed by atoms with Crippen LogP contribution < -0.4 is 5.32 Å². The van der Waals surface area contributed by atoms with E-state index >= 15 is 0 Å². The molecule has 0 spiro atoms. The molecule has 0 bridgehead atoms. The van der Waals surface area contributed by atoms with Crippen molar-refractivity contribution >= 4 is 16.8 Å². The number of rotatable bonds is 3. The highest BCUT2D eigenvalue weighted by molar-refractivity contribution is 6.07. The summed E-state index contributed by atoms with van der Waals surface area (Å²) in [5.74, 6) is 0.653. The van der Waals surface area contributed by atoms with Gasteiger partial charge in [0.15, 0.2) is 5.76 Å². The van der Waals surface area contributed by atoms with Crippen molar-refractivity contribution in [3.05, 3.63) is 54.3 Å². The van der Waals surface area contributed by atoms with E-state index in [9.17, 15) is 4.79 Å². The van der Waals surface area contributed by atoms with Gasteiger partial charge in [-0.2, -0.15) is 0 Å². The summed E-state index contributed by atoms with van der Waals surface area (Å²) in [5.41, 5.74) is 2.16. The molecule has 1 saturated carbocycles. The fraction of sp³-hybridized carbons (Fsp3) is 0.300. The third kappa shape index (κ3) is 2.92. The van der Waals surface area contributed by atoms with Gasteiger partial charge in [0.05, 0.1) is 17.3 Å². The number of benzene rings is 1. The molecule has 4 rings (SSSR count). The number of hydrogen-bond acceptors (Lipinski definition) is 3. The van der Waals surface area contributed by atoms with Gasteiger partial charge in [0.25, 0.3) is 5.91 Å². The molecule has 1 amide bonds. The standard InChI is InChI=1S/C20H20N2O2/c23-20(21-14-7-2-1-3-8-14)16-13-18(19-11-6-12-24-19)22-17-10-5-4-9-15(16)17/h4-6,9-14H,1-3,7-8H2,(H,21,23). The lowest BCUT2D eigenvalue weighted by atomic mass is 9.95. The largest absolute Gasteiger partial charge is 0.463 e. The van der Waals surface area contributed by atoms with E-state index in [1.54, 1.807) is 6.26 Å². The zero-order chi connectivity index (χ0) is 16.4. The summed E-state index contributed by atoms with van der Waals surface area (Å²) >= 11 is 0. The van der Waals surface area contributed by atoms with E-state index in [1.807, 2.05) is 42.5 Å². The van der Waals surface area contributed by atoms with E-state index < -0.39 is 0 Å². The Kier molecular flexibility index (Phi) is 4.03. The van der Waals surface area contributed by atoms with Crippen molar-refractivity contribution in [1.82, 2.24) is 10.3 Å². The van der Waals surface area contributed by atoms with Crippen molar-refractivity contribution in [2.75, 3.05) is 0 Å². The molecule has 2 aromatic heterocycles. The first-order valence-corrected chi connectivity index (χ1v) is 8.56. The Morgan fingerprint density at radius 1 is 1.08 bits per heavy atom. The van der Waals surface area contributed by atoms with Crippen molar-refractivity contribution in [1.29, 1.82) is 0 Å². The van der Waals surface area contributed by atoms with E-state index in [0.29, 0.717) is 17.0 Å². The summed E-state index contributed by atoms with van der Waals surface area (Å²) in [7, 11) is 0. The first kappa shape index (κ1) is 14.9. The van der Waals surface area contributed by atoms with Gasteiger partial charge >= 0.3 is 0 Å². The Balaban J connectivity index is 1.73. The number of aromatic nitrogens is 1. The Hall–Kier alpha value is -2.62. The Morgan fingerprint density at radius 3 is 2.71 bits per heavy atom. The lowest BCUT2D eigenvalue weighted by Gasteiger charge is -2.23.